The molecule has 8 heteroatoms. The molecule has 4 aromatic rings. The van der Waals surface area contributed by atoms with Crippen molar-refractivity contribution in [1.29, 1.82) is 0 Å². The van der Waals surface area contributed by atoms with Gasteiger partial charge in [-0.3, -0.25) is 15.1 Å². The largest absolute Gasteiger partial charge is 0.459 e. The van der Waals surface area contributed by atoms with Crippen LogP contribution in [0.15, 0.2) is 48.8 Å². The number of nitrogens with zero attached hydrogens (tertiary/aromatic N) is 4. The van der Waals surface area contributed by atoms with Gasteiger partial charge in [0.1, 0.15) is 6.10 Å². The first-order valence-corrected chi connectivity index (χ1v) is 10.3. The molecule has 0 aromatic carbocycles. The third kappa shape index (κ3) is 4.02. The van der Waals surface area contributed by atoms with Gasteiger partial charge in [-0.15, -0.1) is 0 Å². The summed E-state index contributed by atoms with van der Waals surface area (Å²) in [4.78, 5) is 26.3. The van der Waals surface area contributed by atoms with Gasteiger partial charge in [0.15, 0.2) is 0 Å². The standard InChI is InChI=1S/C23H22N6O2/c1-14-3-2-4-20(27-14)22-17(13-26-29-22)18-5-6-19-21(28-18)11-15(12-25-19)23(30)31-16-7-9-24-10-8-16/h2-6,11-13,16,24H,7-10H2,1H3,(H,26,29). The Balaban J connectivity index is 1.46. The number of carbonyl (C=O) groups is 1. The molecule has 0 amide bonds. The van der Waals surface area contributed by atoms with Crippen LogP contribution in [0.1, 0.15) is 28.9 Å². The Morgan fingerprint density at radius 2 is 1.90 bits per heavy atom. The summed E-state index contributed by atoms with van der Waals surface area (Å²) in [7, 11) is 0. The Kier molecular flexibility index (Phi) is 5.13. The van der Waals surface area contributed by atoms with E-state index in [1.807, 2.05) is 37.3 Å². The van der Waals surface area contributed by atoms with E-state index in [1.54, 1.807) is 18.5 Å². The maximum Gasteiger partial charge on any atom is 0.340 e. The number of H-pyrrole nitrogens is 1. The van der Waals surface area contributed by atoms with Crippen LogP contribution in [0.25, 0.3) is 33.7 Å². The fourth-order valence-corrected chi connectivity index (χ4v) is 3.76. The van der Waals surface area contributed by atoms with E-state index in [1.165, 1.54) is 0 Å². The highest BCUT2D eigenvalue weighted by molar-refractivity contribution is 5.93. The number of aromatic amines is 1. The second-order valence-corrected chi connectivity index (χ2v) is 7.64. The van der Waals surface area contributed by atoms with Gasteiger partial charge in [-0.1, -0.05) is 6.07 Å². The zero-order valence-electron chi connectivity index (χ0n) is 17.1. The van der Waals surface area contributed by atoms with E-state index in [2.05, 4.69) is 25.5 Å². The van der Waals surface area contributed by atoms with E-state index in [0.29, 0.717) is 16.6 Å². The predicted octanol–water partition coefficient (Wildman–Crippen LogP) is 3.30. The lowest BCUT2D eigenvalue weighted by Gasteiger charge is -2.22. The van der Waals surface area contributed by atoms with Crippen molar-refractivity contribution in [2.45, 2.75) is 25.9 Å². The molecule has 0 saturated carbocycles. The molecule has 1 aliphatic rings. The Morgan fingerprint density at radius 1 is 1.03 bits per heavy atom. The zero-order valence-corrected chi connectivity index (χ0v) is 17.1. The third-order valence-electron chi connectivity index (χ3n) is 5.39. The molecule has 31 heavy (non-hydrogen) atoms. The van der Waals surface area contributed by atoms with Crippen LogP contribution in [-0.4, -0.2) is 50.3 Å². The summed E-state index contributed by atoms with van der Waals surface area (Å²) in [5, 5.41) is 10.5. The first kappa shape index (κ1) is 19.3. The number of ether oxygens (including phenoxy) is 1. The molecule has 4 aromatic heterocycles. The normalized spacial score (nSPS) is 14.6. The van der Waals surface area contributed by atoms with Gasteiger partial charge >= 0.3 is 5.97 Å². The predicted molar refractivity (Wildman–Crippen MR) is 116 cm³/mol. The molecule has 0 aliphatic carbocycles. The molecule has 0 bridgehead atoms. The van der Waals surface area contributed by atoms with Crippen molar-refractivity contribution >= 4 is 17.0 Å². The van der Waals surface area contributed by atoms with Crippen LogP contribution in [0, 0.1) is 6.92 Å². The van der Waals surface area contributed by atoms with Crippen molar-refractivity contribution < 1.29 is 9.53 Å². The molecule has 156 valence electrons. The van der Waals surface area contributed by atoms with E-state index < -0.39 is 0 Å². The molecule has 0 spiro atoms. The number of esters is 1. The van der Waals surface area contributed by atoms with Gasteiger partial charge in [0.2, 0.25) is 0 Å². The summed E-state index contributed by atoms with van der Waals surface area (Å²) in [5.41, 5.74) is 5.82. The second kappa shape index (κ2) is 8.23. The average Bonchev–Trinajstić information content (AvgIpc) is 3.29. The average molecular weight is 414 g/mol. The molecule has 1 aliphatic heterocycles. The number of fused-ring (bicyclic) bond motifs is 1. The van der Waals surface area contributed by atoms with Crippen molar-refractivity contribution in [2.75, 3.05) is 13.1 Å². The number of nitrogens with one attached hydrogen (secondary N) is 2. The van der Waals surface area contributed by atoms with Crippen LogP contribution >= 0.6 is 0 Å². The maximum atomic E-state index is 12.6. The van der Waals surface area contributed by atoms with Crippen LogP contribution in [0.3, 0.4) is 0 Å². The van der Waals surface area contributed by atoms with Crippen molar-refractivity contribution in [2.24, 2.45) is 0 Å². The summed E-state index contributed by atoms with van der Waals surface area (Å²) < 4.78 is 5.65. The van der Waals surface area contributed by atoms with E-state index >= 15 is 0 Å². The summed E-state index contributed by atoms with van der Waals surface area (Å²) in [5.74, 6) is -0.360. The monoisotopic (exact) mass is 414 g/mol. The highest BCUT2D eigenvalue weighted by Gasteiger charge is 2.19. The number of piperidine rings is 1. The number of hydrogen-bond acceptors (Lipinski definition) is 7. The topological polar surface area (TPSA) is 106 Å². The molecule has 2 N–H and O–H groups in total. The lowest BCUT2D eigenvalue weighted by atomic mass is 10.1. The Labute approximate surface area is 179 Å². The molecule has 0 unspecified atom stereocenters. The Bertz CT molecular complexity index is 1250. The van der Waals surface area contributed by atoms with Gasteiger partial charge in [-0.2, -0.15) is 5.10 Å². The smallest absolute Gasteiger partial charge is 0.340 e. The molecule has 1 saturated heterocycles. The Morgan fingerprint density at radius 3 is 2.74 bits per heavy atom. The van der Waals surface area contributed by atoms with E-state index in [4.69, 9.17) is 9.72 Å². The number of carbonyl (C=O) groups excluding carboxylic acids is 1. The molecule has 0 atom stereocenters. The number of aromatic nitrogens is 5. The third-order valence-corrected chi connectivity index (χ3v) is 5.39. The van der Waals surface area contributed by atoms with Crippen LogP contribution in [0.4, 0.5) is 0 Å². The Hall–Kier alpha value is -3.65. The van der Waals surface area contributed by atoms with E-state index in [9.17, 15) is 4.79 Å². The molecular formula is C23H22N6O2. The first-order valence-electron chi connectivity index (χ1n) is 10.3. The zero-order chi connectivity index (χ0) is 21.2. The lowest BCUT2D eigenvalue weighted by Crippen LogP contribution is -2.33. The lowest BCUT2D eigenvalue weighted by molar-refractivity contribution is 0.0229. The first-order chi connectivity index (χ1) is 15.2. The minimum atomic E-state index is -0.360. The van der Waals surface area contributed by atoms with Gasteiger partial charge in [0.25, 0.3) is 0 Å². The van der Waals surface area contributed by atoms with Crippen LogP contribution in [-0.2, 0) is 4.74 Å². The molecule has 0 radical (unpaired) electrons. The summed E-state index contributed by atoms with van der Waals surface area (Å²) in [6.07, 6.45) is 4.87. The number of aryl methyl sites for hydroxylation is 1. The van der Waals surface area contributed by atoms with Gasteiger partial charge < -0.3 is 10.1 Å². The number of rotatable bonds is 4. The van der Waals surface area contributed by atoms with Gasteiger partial charge in [-0.25, -0.2) is 9.78 Å². The molecule has 5 heterocycles. The van der Waals surface area contributed by atoms with E-state index in [0.717, 1.165) is 54.3 Å². The summed E-state index contributed by atoms with van der Waals surface area (Å²) >= 11 is 0. The maximum absolute atomic E-state index is 12.6. The fraction of sp³-hybridized carbons (Fsp3) is 0.261. The van der Waals surface area contributed by atoms with Crippen molar-refractivity contribution in [1.82, 2.24) is 30.5 Å². The van der Waals surface area contributed by atoms with Crippen molar-refractivity contribution in [3.8, 4) is 22.6 Å². The van der Waals surface area contributed by atoms with Crippen molar-refractivity contribution in [3.05, 3.63) is 60.0 Å². The van der Waals surface area contributed by atoms with Crippen LogP contribution < -0.4 is 5.32 Å². The summed E-state index contributed by atoms with van der Waals surface area (Å²) in [6.45, 7) is 3.67. The summed E-state index contributed by atoms with van der Waals surface area (Å²) in [6, 6.07) is 11.4. The minimum Gasteiger partial charge on any atom is -0.459 e. The van der Waals surface area contributed by atoms with Crippen molar-refractivity contribution in [3.63, 3.8) is 0 Å². The number of pyridine rings is 3. The SMILES string of the molecule is Cc1cccc(-c2[nH]ncc2-c2ccc3ncc(C(=O)OC4CCNCC4)cc3n2)n1. The number of hydrogen-bond donors (Lipinski definition) is 2. The second-order valence-electron chi connectivity index (χ2n) is 7.64. The quantitative estimate of drug-likeness (QED) is 0.494. The molecule has 8 nitrogen and oxygen atoms in total. The highest BCUT2D eigenvalue weighted by Crippen LogP contribution is 2.29. The molecule has 5 rings (SSSR count). The van der Waals surface area contributed by atoms with E-state index in [-0.39, 0.29) is 12.1 Å². The minimum absolute atomic E-state index is 0.0564. The molecular weight excluding hydrogens is 392 g/mol. The highest BCUT2D eigenvalue weighted by atomic mass is 16.5. The van der Waals surface area contributed by atoms with Gasteiger partial charge in [0.05, 0.1) is 39.9 Å². The van der Waals surface area contributed by atoms with Crippen LogP contribution in [0.5, 0.6) is 0 Å². The van der Waals surface area contributed by atoms with Crippen LogP contribution in [0.2, 0.25) is 0 Å². The molecule has 1 fully saturated rings. The van der Waals surface area contributed by atoms with Gasteiger partial charge in [0, 0.05) is 17.5 Å². The van der Waals surface area contributed by atoms with Gasteiger partial charge in [-0.05, 0) is 63.2 Å². The fourth-order valence-electron chi connectivity index (χ4n) is 3.76.